The molecule has 1 saturated heterocycles. The molecule has 0 saturated carbocycles. The number of morpholine rings is 1. The molecule has 8 heteroatoms. The number of rotatable bonds is 6. The standard InChI is InChI=1S/C22H27N5O2.ClH/c1-16(14-26-9-11-29-12-10-26)24-22(28)20-13-18(15-27-17(2)7-8-23-27)25-21-6-4-3-5-19(20)21;/h3-8,13,16H,9-12,14-15H2,1-2H3,(H,24,28);1H. The number of carbonyl (C=O) groups excluding carboxylic acids is 1. The molecule has 0 radical (unpaired) electrons. The molecule has 4 rings (SSSR count). The molecule has 1 fully saturated rings. The molecule has 1 aliphatic rings. The Bertz CT molecular complexity index is 1000. The largest absolute Gasteiger partial charge is 0.379 e. The smallest absolute Gasteiger partial charge is 0.252 e. The predicted octanol–water partition coefficient (Wildman–Crippen LogP) is 2.66. The molecule has 1 unspecified atom stereocenters. The highest BCUT2D eigenvalue weighted by Crippen LogP contribution is 2.19. The number of ether oxygens (including phenoxy) is 1. The van der Waals surface area contributed by atoms with Crippen molar-refractivity contribution in [3.8, 4) is 0 Å². The van der Waals surface area contributed by atoms with E-state index in [0.29, 0.717) is 12.1 Å². The van der Waals surface area contributed by atoms with Crippen LogP contribution in [-0.2, 0) is 11.3 Å². The molecular weight excluding hydrogens is 402 g/mol. The number of aryl methyl sites for hydroxylation is 1. The minimum absolute atomic E-state index is 0. The monoisotopic (exact) mass is 429 g/mol. The molecule has 1 amide bonds. The summed E-state index contributed by atoms with van der Waals surface area (Å²) in [4.78, 5) is 20.2. The van der Waals surface area contributed by atoms with Crippen LogP contribution in [-0.4, -0.2) is 64.5 Å². The van der Waals surface area contributed by atoms with E-state index >= 15 is 0 Å². The van der Waals surface area contributed by atoms with Gasteiger partial charge in [0.15, 0.2) is 0 Å². The van der Waals surface area contributed by atoms with Crippen LogP contribution in [0.4, 0.5) is 0 Å². The lowest BCUT2D eigenvalue weighted by Gasteiger charge is -2.29. The fourth-order valence-electron chi connectivity index (χ4n) is 3.74. The molecule has 0 bridgehead atoms. The Hall–Kier alpha value is -2.48. The van der Waals surface area contributed by atoms with Crippen LogP contribution in [0, 0.1) is 6.92 Å². The van der Waals surface area contributed by atoms with Gasteiger partial charge in [0.05, 0.1) is 36.5 Å². The molecule has 160 valence electrons. The van der Waals surface area contributed by atoms with E-state index < -0.39 is 0 Å². The first-order valence-electron chi connectivity index (χ1n) is 10.1. The Morgan fingerprint density at radius 2 is 2.00 bits per heavy atom. The van der Waals surface area contributed by atoms with Crippen LogP contribution in [0.5, 0.6) is 0 Å². The normalized spacial score (nSPS) is 15.5. The number of aromatic nitrogens is 3. The Labute approximate surface area is 182 Å². The molecule has 3 aromatic rings. The van der Waals surface area contributed by atoms with Gasteiger partial charge in [-0.2, -0.15) is 5.10 Å². The molecule has 1 atom stereocenters. The van der Waals surface area contributed by atoms with E-state index in [2.05, 4.69) is 15.3 Å². The average molecular weight is 430 g/mol. The van der Waals surface area contributed by atoms with Crippen molar-refractivity contribution in [3.05, 3.63) is 59.5 Å². The van der Waals surface area contributed by atoms with Crippen molar-refractivity contribution >= 4 is 29.2 Å². The number of pyridine rings is 1. The number of amides is 1. The lowest BCUT2D eigenvalue weighted by Crippen LogP contribution is -2.46. The lowest BCUT2D eigenvalue weighted by molar-refractivity contribution is 0.0342. The fourth-order valence-corrected chi connectivity index (χ4v) is 3.74. The van der Waals surface area contributed by atoms with Gasteiger partial charge in [0, 0.05) is 43.0 Å². The number of halogens is 1. The first-order valence-corrected chi connectivity index (χ1v) is 10.1. The van der Waals surface area contributed by atoms with Crippen LogP contribution < -0.4 is 5.32 Å². The minimum Gasteiger partial charge on any atom is -0.379 e. The van der Waals surface area contributed by atoms with Gasteiger partial charge in [0.25, 0.3) is 5.91 Å². The number of nitrogens with zero attached hydrogens (tertiary/aromatic N) is 4. The number of nitrogens with one attached hydrogen (secondary N) is 1. The third-order valence-electron chi connectivity index (χ3n) is 5.27. The highest BCUT2D eigenvalue weighted by Gasteiger charge is 2.18. The molecule has 0 spiro atoms. The zero-order valence-corrected chi connectivity index (χ0v) is 18.2. The van der Waals surface area contributed by atoms with Crippen molar-refractivity contribution in [3.63, 3.8) is 0 Å². The topological polar surface area (TPSA) is 72.3 Å². The number of hydrogen-bond acceptors (Lipinski definition) is 5. The van der Waals surface area contributed by atoms with Crippen molar-refractivity contribution in [1.29, 1.82) is 0 Å². The first-order chi connectivity index (χ1) is 14.1. The molecular formula is C22H28ClN5O2. The van der Waals surface area contributed by atoms with Gasteiger partial charge in [-0.1, -0.05) is 18.2 Å². The predicted molar refractivity (Wildman–Crippen MR) is 119 cm³/mol. The number of carbonyl (C=O) groups is 1. The molecule has 2 aromatic heterocycles. The van der Waals surface area contributed by atoms with Gasteiger partial charge in [0.2, 0.25) is 0 Å². The number of para-hydroxylation sites is 1. The summed E-state index contributed by atoms with van der Waals surface area (Å²) >= 11 is 0. The summed E-state index contributed by atoms with van der Waals surface area (Å²) in [7, 11) is 0. The number of fused-ring (bicyclic) bond motifs is 1. The van der Waals surface area contributed by atoms with Gasteiger partial charge in [-0.25, -0.2) is 0 Å². The summed E-state index contributed by atoms with van der Waals surface area (Å²) < 4.78 is 7.29. The number of benzene rings is 1. The summed E-state index contributed by atoms with van der Waals surface area (Å²) in [5, 5.41) is 8.37. The van der Waals surface area contributed by atoms with Crippen molar-refractivity contribution in [2.75, 3.05) is 32.8 Å². The molecule has 1 aromatic carbocycles. The molecule has 0 aliphatic carbocycles. The van der Waals surface area contributed by atoms with E-state index in [-0.39, 0.29) is 24.4 Å². The fraction of sp³-hybridized carbons (Fsp3) is 0.409. The maximum absolute atomic E-state index is 13.1. The third-order valence-corrected chi connectivity index (χ3v) is 5.27. The van der Waals surface area contributed by atoms with Crippen molar-refractivity contribution in [2.45, 2.75) is 26.4 Å². The highest BCUT2D eigenvalue weighted by atomic mass is 35.5. The summed E-state index contributed by atoms with van der Waals surface area (Å²) in [5.74, 6) is -0.0669. The second-order valence-corrected chi connectivity index (χ2v) is 7.60. The van der Waals surface area contributed by atoms with Crippen molar-refractivity contribution in [2.24, 2.45) is 0 Å². The first kappa shape index (κ1) is 22.2. The van der Waals surface area contributed by atoms with E-state index in [9.17, 15) is 4.79 Å². The van der Waals surface area contributed by atoms with Crippen molar-refractivity contribution in [1.82, 2.24) is 25.0 Å². The van der Waals surface area contributed by atoms with Gasteiger partial charge >= 0.3 is 0 Å². The van der Waals surface area contributed by atoms with Crippen LogP contribution in [0.3, 0.4) is 0 Å². The van der Waals surface area contributed by atoms with E-state index in [0.717, 1.165) is 55.1 Å². The third kappa shape index (κ3) is 5.16. The average Bonchev–Trinajstić information content (AvgIpc) is 3.12. The maximum Gasteiger partial charge on any atom is 0.252 e. The van der Waals surface area contributed by atoms with Gasteiger partial charge in [-0.15, -0.1) is 12.4 Å². The van der Waals surface area contributed by atoms with Gasteiger partial charge < -0.3 is 10.1 Å². The van der Waals surface area contributed by atoms with E-state index in [4.69, 9.17) is 9.72 Å². The van der Waals surface area contributed by atoms with Gasteiger partial charge in [0.1, 0.15) is 0 Å². The molecule has 1 aliphatic heterocycles. The Kier molecular flexibility index (Phi) is 7.42. The second-order valence-electron chi connectivity index (χ2n) is 7.60. The molecule has 7 nitrogen and oxygen atoms in total. The SMILES string of the molecule is Cc1ccnn1Cc1cc(C(=O)NC(C)CN2CCOCC2)c2ccccc2n1.Cl. The van der Waals surface area contributed by atoms with Crippen LogP contribution in [0.25, 0.3) is 10.9 Å². The zero-order valence-electron chi connectivity index (χ0n) is 17.4. The Balaban J connectivity index is 0.00000256. The quantitative estimate of drug-likeness (QED) is 0.652. The molecule has 3 heterocycles. The minimum atomic E-state index is -0.0669. The van der Waals surface area contributed by atoms with Crippen molar-refractivity contribution < 1.29 is 9.53 Å². The zero-order chi connectivity index (χ0) is 20.2. The Morgan fingerprint density at radius 3 is 2.73 bits per heavy atom. The van der Waals surface area contributed by atoms with Gasteiger partial charge in [-0.3, -0.25) is 19.4 Å². The van der Waals surface area contributed by atoms with E-state index in [1.54, 1.807) is 6.20 Å². The van der Waals surface area contributed by atoms with Crippen LogP contribution >= 0.6 is 12.4 Å². The van der Waals surface area contributed by atoms with E-state index in [1.165, 1.54) is 0 Å². The van der Waals surface area contributed by atoms with Crippen LogP contribution in [0.15, 0.2) is 42.6 Å². The summed E-state index contributed by atoms with van der Waals surface area (Å²) in [6.07, 6.45) is 1.78. The summed E-state index contributed by atoms with van der Waals surface area (Å²) in [5.41, 5.74) is 3.36. The summed E-state index contributed by atoms with van der Waals surface area (Å²) in [6.45, 7) is 8.74. The Morgan fingerprint density at radius 1 is 1.23 bits per heavy atom. The van der Waals surface area contributed by atoms with E-state index in [1.807, 2.05) is 54.9 Å². The van der Waals surface area contributed by atoms with Gasteiger partial charge in [-0.05, 0) is 32.0 Å². The van der Waals surface area contributed by atoms with Crippen LogP contribution in [0.2, 0.25) is 0 Å². The lowest BCUT2D eigenvalue weighted by atomic mass is 10.1. The highest BCUT2D eigenvalue weighted by molar-refractivity contribution is 6.06. The number of hydrogen-bond donors (Lipinski definition) is 1. The second kappa shape index (κ2) is 10.0. The maximum atomic E-state index is 13.1. The molecule has 30 heavy (non-hydrogen) atoms. The summed E-state index contributed by atoms with van der Waals surface area (Å²) in [6, 6.07) is 11.7. The molecule has 1 N–H and O–H groups in total. The van der Waals surface area contributed by atoms with Crippen LogP contribution in [0.1, 0.15) is 28.7 Å².